The van der Waals surface area contributed by atoms with Crippen molar-refractivity contribution in [3.63, 3.8) is 0 Å². The van der Waals surface area contributed by atoms with Gasteiger partial charge in [-0.3, -0.25) is 9.69 Å². The van der Waals surface area contributed by atoms with E-state index in [4.69, 9.17) is 16.7 Å². The molecule has 3 rings (SSSR count). The summed E-state index contributed by atoms with van der Waals surface area (Å²) in [5.41, 5.74) is 0.932. The molecule has 1 aliphatic rings. The van der Waals surface area contributed by atoms with Crippen LogP contribution in [0.15, 0.2) is 47.5 Å². The van der Waals surface area contributed by atoms with Crippen LogP contribution >= 0.6 is 11.6 Å². The fraction of sp³-hybridized carbons (Fsp3) is 0.368. The highest BCUT2D eigenvalue weighted by molar-refractivity contribution is 7.89. The smallest absolute Gasteiger partial charge is 0.238 e. The number of sulfonamides is 1. The number of nitrogens with zero attached hydrogens (tertiary/aromatic N) is 3. The van der Waals surface area contributed by atoms with Gasteiger partial charge >= 0.3 is 0 Å². The van der Waals surface area contributed by atoms with E-state index in [1.807, 2.05) is 12.1 Å². The second-order valence-corrected chi connectivity index (χ2v) is 8.88. The molecule has 0 radical (unpaired) electrons. The van der Waals surface area contributed by atoms with Crippen LogP contribution in [0, 0.1) is 0 Å². The summed E-state index contributed by atoms with van der Waals surface area (Å²) in [7, 11) is -3.68. The highest BCUT2D eigenvalue weighted by Gasteiger charge is 2.19. The van der Waals surface area contributed by atoms with Crippen LogP contribution in [0.5, 0.6) is 0 Å². The Labute approximate surface area is 175 Å². The molecule has 0 saturated carbocycles. The van der Waals surface area contributed by atoms with Gasteiger partial charge in [0.1, 0.15) is 5.82 Å². The number of anilines is 1. The van der Waals surface area contributed by atoms with E-state index >= 15 is 0 Å². The van der Waals surface area contributed by atoms with Crippen LogP contribution in [0.25, 0.3) is 0 Å². The van der Waals surface area contributed by atoms with E-state index in [2.05, 4.69) is 20.1 Å². The van der Waals surface area contributed by atoms with Gasteiger partial charge in [0.15, 0.2) is 0 Å². The van der Waals surface area contributed by atoms with Crippen LogP contribution in [0.2, 0.25) is 5.02 Å². The number of hydrogen-bond donors (Lipinski definition) is 2. The van der Waals surface area contributed by atoms with Crippen molar-refractivity contribution in [2.45, 2.75) is 11.3 Å². The maximum Gasteiger partial charge on any atom is 0.238 e. The SMILES string of the molecule is NS(=O)(=O)c1ccc(CCNC(=O)CN2CCN(c3ccc(Cl)cn3)CC2)cc1. The van der Waals surface area contributed by atoms with Crippen molar-refractivity contribution in [3.8, 4) is 0 Å². The lowest BCUT2D eigenvalue weighted by Gasteiger charge is -2.35. The molecule has 1 aromatic carbocycles. The number of nitrogens with one attached hydrogen (secondary N) is 1. The second-order valence-electron chi connectivity index (χ2n) is 6.89. The van der Waals surface area contributed by atoms with E-state index in [1.165, 1.54) is 12.1 Å². The lowest BCUT2D eigenvalue weighted by Crippen LogP contribution is -2.49. The maximum absolute atomic E-state index is 12.2. The van der Waals surface area contributed by atoms with Gasteiger partial charge in [-0.2, -0.15) is 0 Å². The van der Waals surface area contributed by atoms with Crippen molar-refractivity contribution < 1.29 is 13.2 Å². The quantitative estimate of drug-likeness (QED) is 0.665. The number of nitrogens with two attached hydrogens (primary N) is 1. The molecule has 3 N–H and O–H groups in total. The molecule has 29 heavy (non-hydrogen) atoms. The largest absolute Gasteiger partial charge is 0.355 e. The molecule has 1 amide bonds. The minimum Gasteiger partial charge on any atom is -0.355 e. The van der Waals surface area contributed by atoms with Crippen LogP contribution in [-0.4, -0.2) is 63.5 Å². The van der Waals surface area contributed by atoms with Crippen LogP contribution in [0.4, 0.5) is 5.82 Å². The summed E-state index contributed by atoms with van der Waals surface area (Å²) >= 11 is 5.87. The van der Waals surface area contributed by atoms with Crippen LogP contribution < -0.4 is 15.4 Å². The van der Waals surface area contributed by atoms with Crippen molar-refractivity contribution in [1.82, 2.24) is 15.2 Å². The van der Waals surface area contributed by atoms with Crippen molar-refractivity contribution >= 4 is 33.3 Å². The summed E-state index contributed by atoms with van der Waals surface area (Å²) in [5, 5.41) is 8.61. The molecule has 2 heterocycles. The predicted octanol–water partition coefficient (Wildman–Crippen LogP) is 0.863. The summed E-state index contributed by atoms with van der Waals surface area (Å²) in [5.74, 6) is 0.871. The minimum atomic E-state index is -3.68. The lowest BCUT2D eigenvalue weighted by molar-refractivity contribution is -0.122. The van der Waals surface area contributed by atoms with Gasteiger partial charge in [0.25, 0.3) is 0 Å². The summed E-state index contributed by atoms with van der Waals surface area (Å²) in [4.78, 5) is 20.9. The van der Waals surface area contributed by atoms with Gasteiger partial charge < -0.3 is 10.2 Å². The molecule has 1 saturated heterocycles. The molecule has 1 aromatic heterocycles. The van der Waals surface area contributed by atoms with E-state index in [9.17, 15) is 13.2 Å². The molecule has 0 bridgehead atoms. The summed E-state index contributed by atoms with van der Waals surface area (Å²) in [6.07, 6.45) is 2.26. The van der Waals surface area contributed by atoms with Crippen molar-refractivity contribution in [2.75, 3.05) is 44.2 Å². The number of amides is 1. The number of pyridine rings is 1. The monoisotopic (exact) mass is 437 g/mol. The molecule has 1 aliphatic heterocycles. The zero-order valence-corrected chi connectivity index (χ0v) is 17.5. The Balaban J connectivity index is 1.37. The normalized spacial score (nSPS) is 15.3. The summed E-state index contributed by atoms with van der Waals surface area (Å²) in [6, 6.07) is 10.1. The zero-order chi connectivity index (χ0) is 20.9. The number of benzene rings is 1. The molecular weight excluding hydrogens is 414 g/mol. The Morgan fingerprint density at radius 1 is 1.10 bits per heavy atom. The number of piperazine rings is 1. The number of hydrogen-bond acceptors (Lipinski definition) is 6. The molecule has 0 spiro atoms. The Hall–Kier alpha value is -2.20. The molecule has 8 nitrogen and oxygen atoms in total. The predicted molar refractivity (Wildman–Crippen MR) is 112 cm³/mol. The first-order chi connectivity index (χ1) is 13.8. The van der Waals surface area contributed by atoms with Crippen LogP contribution in [-0.2, 0) is 21.2 Å². The van der Waals surface area contributed by atoms with E-state index in [0.717, 1.165) is 37.6 Å². The third-order valence-electron chi connectivity index (χ3n) is 4.76. The highest BCUT2D eigenvalue weighted by Crippen LogP contribution is 2.16. The molecular formula is C19H24ClN5O3S. The molecule has 0 atom stereocenters. The van der Waals surface area contributed by atoms with Gasteiger partial charge in [-0.15, -0.1) is 0 Å². The van der Waals surface area contributed by atoms with Crippen molar-refractivity contribution in [1.29, 1.82) is 0 Å². The van der Waals surface area contributed by atoms with Gasteiger partial charge in [0.05, 0.1) is 16.5 Å². The average Bonchev–Trinajstić information content (AvgIpc) is 2.69. The first-order valence-electron chi connectivity index (χ1n) is 9.28. The van der Waals surface area contributed by atoms with Crippen LogP contribution in [0.1, 0.15) is 5.56 Å². The van der Waals surface area contributed by atoms with Gasteiger partial charge in [-0.25, -0.2) is 18.5 Å². The first-order valence-corrected chi connectivity index (χ1v) is 11.2. The number of aromatic nitrogens is 1. The highest BCUT2D eigenvalue weighted by atomic mass is 35.5. The molecule has 10 heteroatoms. The topological polar surface area (TPSA) is 109 Å². The lowest BCUT2D eigenvalue weighted by atomic mass is 10.1. The fourth-order valence-electron chi connectivity index (χ4n) is 3.14. The maximum atomic E-state index is 12.2. The van der Waals surface area contributed by atoms with E-state index in [0.29, 0.717) is 24.5 Å². The van der Waals surface area contributed by atoms with Gasteiger partial charge in [-0.05, 0) is 36.2 Å². The van der Waals surface area contributed by atoms with Crippen LogP contribution in [0.3, 0.4) is 0 Å². The molecule has 2 aromatic rings. The van der Waals surface area contributed by atoms with E-state index in [-0.39, 0.29) is 10.8 Å². The summed E-state index contributed by atoms with van der Waals surface area (Å²) in [6.45, 7) is 4.02. The molecule has 0 unspecified atom stereocenters. The average molecular weight is 438 g/mol. The third-order valence-corrected chi connectivity index (χ3v) is 5.92. The Kier molecular flexibility index (Phi) is 7.07. The zero-order valence-electron chi connectivity index (χ0n) is 15.9. The molecule has 0 aliphatic carbocycles. The van der Waals surface area contributed by atoms with Gasteiger partial charge in [0.2, 0.25) is 15.9 Å². The Bertz CT molecular complexity index is 927. The van der Waals surface area contributed by atoms with Gasteiger partial charge in [0, 0.05) is 38.9 Å². The Morgan fingerprint density at radius 3 is 2.38 bits per heavy atom. The second kappa shape index (κ2) is 9.53. The number of halogens is 1. The first kappa shape index (κ1) is 21.5. The van der Waals surface area contributed by atoms with Crippen molar-refractivity contribution in [3.05, 3.63) is 53.2 Å². The number of carbonyl (C=O) groups is 1. The van der Waals surface area contributed by atoms with E-state index in [1.54, 1.807) is 18.3 Å². The molecule has 156 valence electrons. The minimum absolute atomic E-state index is 0.0239. The van der Waals surface area contributed by atoms with Crippen molar-refractivity contribution in [2.24, 2.45) is 5.14 Å². The third kappa shape index (κ3) is 6.40. The number of rotatable bonds is 7. The Morgan fingerprint density at radius 2 is 1.79 bits per heavy atom. The van der Waals surface area contributed by atoms with Gasteiger partial charge in [-0.1, -0.05) is 23.7 Å². The summed E-state index contributed by atoms with van der Waals surface area (Å²) < 4.78 is 22.5. The van der Waals surface area contributed by atoms with E-state index < -0.39 is 10.0 Å². The molecule has 1 fully saturated rings. The number of carbonyl (C=O) groups excluding carboxylic acids is 1. The number of primary sulfonamides is 1. The fourth-order valence-corrected chi connectivity index (χ4v) is 3.77. The standard InChI is InChI=1S/C19H24ClN5O3S/c20-16-3-6-18(23-13-16)25-11-9-24(10-12-25)14-19(26)22-8-7-15-1-4-17(5-2-15)29(21,27)28/h1-6,13H,7-12,14H2,(H,22,26)(H2,21,27,28).